The maximum atomic E-state index is 13.4. The molecule has 42 heavy (non-hydrogen) atoms. The molecule has 2 aliphatic heterocycles. The molecule has 0 unspecified atom stereocenters. The summed E-state index contributed by atoms with van der Waals surface area (Å²) in [7, 11) is -13.2. The Hall–Kier alpha value is -2.66. The second kappa shape index (κ2) is 10.8. The lowest BCUT2D eigenvalue weighted by Crippen LogP contribution is -2.62. The molecule has 2 aliphatic rings. The van der Waals surface area contributed by atoms with E-state index in [4.69, 9.17) is 25.8 Å². The third kappa shape index (κ3) is 5.66. The van der Waals surface area contributed by atoms with Gasteiger partial charge in [0.25, 0.3) is 0 Å². The number of halogens is 7. The predicted octanol–water partition coefficient (Wildman–Crippen LogP) is 2.96. The molecule has 0 spiro atoms. The van der Waals surface area contributed by atoms with E-state index in [9.17, 15) is 43.2 Å². The Labute approximate surface area is 236 Å². The molecule has 2 fully saturated rings. The van der Waals surface area contributed by atoms with Gasteiger partial charge in [-0.1, -0.05) is 41.9 Å². The van der Waals surface area contributed by atoms with E-state index in [1.54, 1.807) is 6.07 Å². The van der Waals surface area contributed by atoms with E-state index in [1.807, 2.05) is 0 Å². The molecule has 0 N–H and O–H groups in total. The first-order valence-electron chi connectivity index (χ1n) is 11.3. The summed E-state index contributed by atoms with van der Waals surface area (Å²) in [5.41, 5.74) is -12.4. The average Bonchev–Trinajstić information content (AvgIpc) is 3.34. The maximum absolute atomic E-state index is 13.4. The Morgan fingerprint density at radius 1 is 0.881 bits per heavy atom. The van der Waals surface area contributed by atoms with Gasteiger partial charge in [0.05, 0.1) is 12.9 Å². The molecule has 2 saturated heterocycles. The van der Waals surface area contributed by atoms with Crippen molar-refractivity contribution in [3.63, 3.8) is 0 Å². The van der Waals surface area contributed by atoms with Crippen molar-refractivity contribution in [2.75, 3.05) is 6.61 Å². The number of fused-ring (bicyclic) bond motifs is 2. The van der Waals surface area contributed by atoms with Crippen molar-refractivity contribution in [2.24, 2.45) is 0 Å². The zero-order chi connectivity index (χ0) is 30.7. The minimum absolute atomic E-state index is 0.178. The van der Waals surface area contributed by atoms with Gasteiger partial charge in [0.2, 0.25) is 0 Å². The molecule has 0 radical (unpaired) electrons. The molecule has 5 rings (SSSR count). The smallest absolute Gasteiger partial charge is 0.347 e. The van der Waals surface area contributed by atoms with E-state index in [0.29, 0.717) is 0 Å². The van der Waals surface area contributed by atoms with Crippen LogP contribution < -0.4 is 0 Å². The summed E-state index contributed by atoms with van der Waals surface area (Å²) in [5, 5.41) is -0.268. The third-order valence-corrected chi connectivity index (χ3v) is 8.37. The van der Waals surface area contributed by atoms with Crippen molar-refractivity contribution in [1.82, 2.24) is 19.5 Å². The molecule has 0 saturated carbocycles. The van der Waals surface area contributed by atoms with Crippen molar-refractivity contribution < 1.29 is 65.8 Å². The molecule has 13 nitrogen and oxygen atoms in total. The monoisotopic (exact) mass is 668 g/mol. The summed E-state index contributed by atoms with van der Waals surface area (Å²) in [5.74, 6) is 0. The number of ether oxygens (including phenoxy) is 3. The van der Waals surface area contributed by atoms with Crippen LogP contribution in [0, 0.1) is 0 Å². The predicted molar refractivity (Wildman–Crippen MR) is 124 cm³/mol. The second-order valence-electron chi connectivity index (χ2n) is 8.65. The number of benzene rings is 1. The van der Waals surface area contributed by atoms with Crippen LogP contribution in [0.25, 0.3) is 11.2 Å². The summed E-state index contributed by atoms with van der Waals surface area (Å²) in [4.78, 5) is 11.4. The van der Waals surface area contributed by atoms with Gasteiger partial charge in [0, 0.05) is 5.56 Å². The number of imidazole rings is 1. The van der Waals surface area contributed by atoms with Crippen LogP contribution in [0.3, 0.4) is 0 Å². The summed E-state index contributed by atoms with van der Waals surface area (Å²) in [6, 6.07) is 7.58. The molecular weight excluding hydrogens is 654 g/mol. The lowest BCUT2D eigenvalue weighted by Gasteiger charge is -2.48. The maximum Gasteiger partial charge on any atom is 0.523 e. The van der Waals surface area contributed by atoms with Gasteiger partial charge in [-0.15, -0.1) is 0 Å². The normalized spacial score (nSPS) is 27.6. The fourth-order valence-electron chi connectivity index (χ4n) is 4.19. The summed E-state index contributed by atoms with van der Waals surface area (Å²) < 4.78 is 156. The molecule has 1 aromatic carbocycles. The molecule has 3 aromatic rings. The van der Waals surface area contributed by atoms with Crippen molar-refractivity contribution in [3.8, 4) is 0 Å². The number of hydrogen-bond acceptors (Lipinski definition) is 12. The van der Waals surface area contributed by atoms with Gasteiger partial charge >= 0.3 is 31.3 Å². The minimum Gasteiger partial charge on any atom is -0.347 e. The van der Waals surface area contributed by atoms with E-state index in [-0.39, 0.29) is 21.9 Å². The van der Waals surface area contributed by atoms with Gasteiger partial charge in [0.1, 0.15) is 30.2 Å². The van der Waals surface area contributed by atoms with Gasteiger partial charge in [0.15, 0.2) is 29.4 Å². The standard InChI is InChI=1S/C20H15ClF6N4O9S2/c21-15-11-16(29-7-28-15)31(8-30-11)17-14(40-42(34,35)20(25,26)27)13(39-41(32,33)19(22,23)24)12-10(37-17)6-36-18(38-12)9-4-2-1-3-5-9/h1-5,7-8,10,12-14,17-18H,6H2/t10-,12-,13+,14-,17-,18-/m1/s1. The number of hydrogen-bond donors (Lipinski definition) is 0. The van der Waals surface area contributed by atoms with Crippen molar-refractivity contribution in [2.45, 2.75) is 48.0 Å². The molecule has 230 valence electrons. The van der Waals surface area contributed by atoms with Crippen LogP contribution in [-0.2, 0) is 42.8 Å². The zero-order valence-electron chi connectivity index (χ0n) is 20.1. The summed E-state index contributed by atoms with van der Waals surface area (Å²) in [6.07, 6.45) is -10.9. The Balaban J connectivity index is 1.66. The topological polar surface area (TPSA) is 158 Å². The van der Waals surface area contributed by atoms with E-state index in [0.717, 1.165) is 17.2 Å². The van der Waals surface area contributed by atoms with Crippen LogP contribution in [0.2, 0.25) is 5.15 Å². The molecule has 4 heterocycles. The Kier molecular flexibility index (Phi) is 7.92. The number of rotatable bonds is 6. The van der Waals surface area contributed by atoms with Gasteiger partial charge < -0.3 is 14.2 Å². The minimum atomic E-state index is -6.63. The lowest BCUT2D eigenvalue weighted by molar-refractivity contribution is -0.332. The van der Waals surface area contributed by atoms with E-state index < -0.39 is 74.8 Å². The fourth-order valence-corrected chi connectivity index (χ4v) is 5.59. The van der Waals surface area contributed by atoms with Crippen LogP contribution in [0.5, 0.6) is 0 Å². The van der Waals surface area contributed by atoms with Crippen LogP contribution in [-0.4, -0.2) is 78.4 Å². The average molecular weight is 669 g/mol. The first-order valence-corrected chi connectivity index (χ1v) is 14.5. The summed E-state index contributed by atoms with van der Waals surface area (Å²) in [6.45, 7) is -0.534. The first-order chi connectivity index (χ1) is 19.5. The van der Waals surface area contributed by atoms with E-state index >= 15 is 0 Å². The van der Waals surface area contributed by atoms with Gasteiger partial charge in [-0.25, -0.2) is 15.0 Å². The van der Waals surface area contributed by atoms with Crippen molar-refractivity contribution >= 4 is 43.0 Å². The van der Waals surface area contributed by atoms with Crippen LogP contribution in [0.4, 0.5) is 26.3 Å². The summed E-state index contributed by atoms with van der Waals surface area (Å²) >= 11 is 5.95. The highest BCUT2D eigenvalue weighted by molar-refractivity contribution is 7.88. The molecule has 0 amide bonds. The Morgan fingerprint density at radius 3 is 2.12 bits per heavy atom. The first kappa shape index (κ1) is 30.8. The third-order valence-electron chi connectivity index (χ3n) is 6.00. The van der Waals surface area contributed by atoms with Gasteiger partial charge in [-0.2, -0.15) is 43.2 Å². The fraction of sp³-hybridized carbons (Fsp3) is 0.450. The van der Waals surface area contributed by atoms with Crippen LogP contribution in [0.15, 0.2) is 43.0 Å². The number of nitrogens with zero attached hydrogens (tertiary/aromatic N) is 4. The molecular formula is C20H15ClF6N4O9S2. The highest BCUT2D eigenvalue weighted by atomic mass is 35.5. The van der Waals surface area contributed by atoms with Crippen molar-refractivity contribution in [3.05, 3.63) is 53.7 Å². The van der Waals surface area contributed by atoms with Crippen LogP contribution >= 0.6 is 11.6 Å². The Bertz CT molecular complexity index is 1670. The van der Waals surface area contributed by atoms with Gasteiger partial charge in [-0.05, 0) is 0 Å². The lowest BCUT2D eigenvalue weighted by atomic mass is 9.97. The number of aromatic nitrogens is 4. The van der Waals surface area contributed by atoms with Gasteiger partial charge in [-0.3, -0.25) is 12.9 Å². The highest BCUT2D eigenvalue weighted by Crippen LogP contribution is 2.43. The van der Waals surface area contributed by atoms with E-state index in [1.165, 1.54) is 24.3 Å². The quantitative estimate of drug-likeness (QED) is 0.164. The molecule has 22 heteroatoms. The molecule has 2 aromatic heterocycles. The zero-order valence-corrected chi connectivity index (χ0v) is 22.5. The number of alkyl halides is 6. The second-order valence-corrected chi connectivity index (χ2v) is 12.1. The highest BCUT2D eigenvalue weighted by Gasteiger charge is 2.60. The van der Waals surface area contributed by atoms with Crippen molar-refractivity contribution in [1.29, 1.82) is 0 Å². The Morgan fingerprint density at radius 2 is 1.50 bits per heavy atom. The molecule has 6 atom stereocenters. The molecule has 0 bridgehead atoms. The largest absolute Gasteiger partial charge is 0.523 e. The molecule has 0 aliphatic carbocycles. The van der Waals surface area contributed by atoms with Crippen LogP contribution in [0.1, 0.15) is 18.1 Å². The van der Waals surface area contributed by atoms with E-state index in [2.05, 4.69) is 23.3 Å². The SMILES string of the molecule is O=S(=O)(O[C@@H]1[C@@H](OS(=O)(=O)C(F)(F)F)[C@H](n2cnc3c(Cl)ncnc32)O[C@@H]2CO[C@@H](c3ccccc3)O[C@@H]12)C(F)(F)F.